The van der Waals surface area contributed by atoms with Crippen molar-refractivity contribution >= 4 is 70.7 Å². The summed E-state index contributed by atoms with van der Waals surface area (Å²) in [6.07, 6.45) is 16.2. The number of rotatable bonds is 22. The zero-order valence-electron chi connectivity index (χ0n) is 31.8. The van der Waals surface area contributed by atoms with E-state index in [1.54, 1.807) is 40.6 Å². The smallest absolute Gasteiger partial charge is 0.203 e. The number of hydrogen-bond donors (Lipinski definition) is 0. The van der Waals surface area contributed by atoms with Gasteiger partial charge >= 0.3 is 0 Å². The summed E-state index contributed by atoms with van der Waals surface area (Å²) in [6.45, 7) is 9.93. The summed E-state index contributed by atoms with van der Waals surface area (Å²) in [4.78, 5) is 0. The van der Waals surface area contributed by atoms with Gasteiger partial charge in [0.2, 0.25) is 11.5 Å². The van der Waals surface area contributed by atoms with Gasteiger partial charge in [0.1, 0.15) is 0 Å². The predicted octanol–water partition coefficient (Wildman–Crippen LogP) is 13.9. The van der Waals surface area contributed by atoms with Crippen LogP contribution in [0.4, 0.5) is 0 Å². The van der Waals surface area contributed by atoms with E-state index in [4.69, 9.17) is 74.8 Å². The third-order valence-electron chi connectivity index (χ3n) is 9.20. The molecule has 0 radical (unpaired) electrons. The van der Waals surface area contributed by atoms with Crippen LogP contribution in [0.2, 0.25) is 20.1 Å². The Morgan fingerprint density at radius 3 is 1.06 bits per heavy atom. The van der Waals surface area contributed by atoms with Crippen LogP contribution in [0.25, 0.3) is 24.3 Å². The quantitative estimate of drug-likeness (QED) is 0.0746. The molecule has 3 aromatic carbocycles. The maximum atomic E-state index is 6.82. The molecule has 6 nitrogen and oxygen atoms in total. The van der Waals surface area contributed by atoms with Gasteiger partial charge in [-0.2, -0.15) is 0 Å². The van der Waals surface area contributed by atoms with E-state index in [0.29, 0.717) is 70.7 Å². The van der Waals surface area contributed by atoms with Crippen molar-refractivity contribution in [1.82, 2.24) is 0 Å². The summed E-state index contributed by atoms with van der Waals surface area (Å²) in [5.74, 6) is 4.28. The van der Waals surface area contributed by atoms with Gasteiger partial charge in [-0.25, -0.2) is 0 Å². The molecule has 3 aromatic rings. The van der Waals surface area contributed by atoms with Crippen molar-refractivity contribution < 1.29 is 28.4 Å². The van der Waals surface area contributed by atoms with Crippen LogP contribution in [0, 0.1) is 11.8 Å². The Morgan fingerprint density at radius 1 is 0.500 bits per heavy atom. The van der Waals surface area contributed by atoms with Gasteiger partial charge in [0.15, 0.2) is 23.0 Å². The molecule has 0 N–H and O–H groups in total. The van der Waals surface area contributed by atoms with Crippen molar-refractivity contribution in [3.8, 4) is 34.5 Å². The third kappa shape index (κ3) is 11.5. The fourth-order valence-electron chi connectivity index (χ4n) is 5.79. The molecule has 0 saturated carbocycles. The molecular weight excluding hydrogens is 742 g/mol. The minimum Gasteiger partial charge on any atom is -0.493 e. The van der Waals surface area contributed by atoms with Crippen LogP contribution in [0.3, 0.4) is 0 Å². The molecule has 0 bridgehead atoms. The Bertz CT molecular complexity index is 1450. The molecule has 2 atom stereocenters. The van der Waals surface area contributed by atoms with Crippen LogP contribution < -0.4 is 28.4 Å². The third-order valence-corrected chi connectivity index (χ3v) is 11.0. The van der Waals surface area contributed by atoms with Crippen molar-refractivity contribution in [2.75, 3.05) is 41.7 Å². The largest absolute Gasteiger partial charge is 0.493 e. The summed E-state index contributed by atoms with van der Waals surface area (Å²) in [6, 6.07) is 7.49. The van der Waals surface area contributed by atoms with Crippen LogP contribution in [0.5, 0.6) is 34.5 Å². The van der Waals surface area contributed by atoms with E-state index in [0.717, 1.165) is 49.7 Å². The zero-order valence-corrected chi connectivity index (χ0v) is 34.8. The highest BCUT2D eigenvalue weighted by Crippen LogP contribution is 2.45. The van der Waals surface area contributed by atoms with E-state index in [-0.39, 0.29) is 20.1 Å². The Kier molecular flexibility index (Phi) is 18.7. The molecule has 0 amide bonds. The predicted molar refractivity (Wildman–Crippen MR) is 221 cm³/mol. The fraction of sp³-hybridized carbons (Fsp3) is 0.476. The monoisotopic (exact) mass is 794 g/mol. The second kappa shape index (κ2) is 22.3. The van der Waals surface area contributed by atoms with E-state index in [1.807, 2.05) is 36.4 Å². The first-order chi connectivity index (χ1) is 25.1. The Morgan fingerprint density at radius 2 is 0.808 bits per heavy atom. The number of unbranched alkanes of at least 4 members (excludes halogenated alkanes) is 2. The maximum absolute atomic E-state index is 6.82. The molecule has 0 fully saturated rings. The molecule has 0 spiro atoms. The number of methoxy groups -OCH3 is 4. The van der Waals surface area contributed by atoms with Crippen molar-refractivity contribution in [3.63, 3.8) is 0 Å². The minimum atomic E-state index is 0.260. The first-order valence-electron chi connectivity index (χ1n) is 18.1. The second-order valence-corrected chi connectivity index (χ2v) is 14.2. The summed E-state index contributed by atoms with van der Waals surface area (Å²) < 4.78 is 35.3. The Hall–Kier alpha value is -2.90. The zero-order chi connectivity index (χ0) is 38.2. The fourth-order valence-corrected chi connectivity index (χ4v) is 6.93. The Labute approximate surface area is 331 Å². The SMILES string of the molecule is CCCCC(CC)COc1c(OC)cc(/C=C/c2c(Cl)c(Cl)c(/C=C/c3cc(OC)c(OCC(CC)CCCC)c(OC)c3)c(Cl)c2Cl)cc1OC. The summed E-state index contributed by atoms with van der Waals surface area (Å²) >= 11 is 27.3. The topological polar surface area (TPSA) is 55.4 Å². The van der Waals surface area contributed by atoms with Gasteiger partial charge in [0.25, 0.3) is 0 Å². The molecule has 10 heteroatoms. The minimum absolute atomic E-state index is 0.260. The number of ether oxygens (including phenoxy) is 6. The summed E-state index contributed by atoms with van der Waals surface area (Å²) in [7, 11) is 6.42. The van der Waals surface area contributed by atoms with Gasteiger partial charge < -0.3 is 28.4 Å². The van der Waals surface area contributed by atoms with E-state index in [9.17, 15) is 0 Å². The summed E-state index contributed by atoms with van der Waals surface area (Å²) in [5.41, 5.74) is 2.52. The number of hydrogen-bond acceptors (Lipinski definition) is 6. The molecule has 3 rings (SSSR count). The number of halogens is 4. The van der Waals surface area contributed by atoms with E-state index >= 15 is 0 Å². The molecule has 0 aliphatic heterocycles. The van der Waals surface area contributed by atoms with Gasteiger partial charge in [-0.1, -0.05) is 137 Å². The summed E-state index contributed by atoms with van der Waals surface area (Å²) in [5, 5.41) is 1.04. The van der Waals surface area contributed by atoms with E-state index < -0.39 is 0 Å². The van der Waals surface area contributed by atoms with Gasteiger partial charge in [0.05, 0.1) is 61.7 Å². The number of benzene rings is 3. The van der Waals surface area contributed by atoms with Crippen molar-refractivity contribution in [2.24, 2.45) is 11.8 Å². The van der Waals surface area contributed by atoms with Gasteiger partial charge in [-0.15, -0.1) is 0 Å². The van der Waals surface area contributed by atoms with Crippen LogP contribution in [0.1, 0.15) is 101 Å². The van der Waals surface area contributed by atoms with Crippen LogP contribution >= 0.6 is 46.4 Å². The highest BCUT2D eigenvalue weighted by atomic mass is 35.5. The lowest BCUT2D eigenvalue weighted by Gasteiger charge is -2.19. The highest BCUT2D eigenvalue weighted by Gasteiger charge is 2.20. The van der Waals surface area contributed by atoms with Gasteiger partial charge in [-0.3, -0.25) is 0 Å². The average molecular weight is 797 g/mol. The van der Waals surface area contributed by atoms with Crippen LogP contribution in [-0.2, 0) is 0 Å². The first kappa shape index (κ1) is 43.5. The van der Waals surface area contributed by atoms with Crippen LogP contribution in [-0.4, -0.2) is 41.7 Å². The molecule has 286 valence electrons. The molecule has 2 unspecified atom stereocenters. The first-order valence-corrected chi connectivity index (χ1v) is 19.6. The highest BCUT2D eigenvalue weighted by molar-refractivity contribution is 6.50. The average Bonchev–Trinajstić information content (AvgIpc) is 3.16. The lowest BCUT2D eigenvalue weighted by molar-refractivity contribution is 0.215. The van der Waals surface area contributed by atoms with Crippen molar-refractivity contribution in [2.45, 2.75) is 79.1 Å². The Balaban J connectivity index is 1.90. The molecule has 0 aromatic heterocycles. The van der Waals surface area contributed by atoms with Crippen molar-refractivity contribution in [1.29, 1.82) is 0 Å². The molecular formula is C42H54Cl4O6. The lowest BCUT2D eigenvalue weighted by atomic mass is 10.0. The second-order valence-electron chi connectivity index (χ2n) is 12.7. The van der Waals surface area contributed by atoms with E-state index in [2.05, 4.69) is 27.7 Å². The normalized spacial score (nSPS) is 12.7. The van der Waals surface area contributed by atoms with Gasteiger partial charge in [0, 0.05) is 11.1 Å². The lowest BCUT2D eigenvalue weighted by Crippen LogP contribution is -2.12. The van der Waals surface area contributed by atoms with Crippen LogP contribution in [0.15, 0.2) is 24.3 Å². The molecule has 0 aliphatic carbocycles. The molecule has 0 heterocycles. The molecule has 0 saturated heterocycles. The van der Waals surface area contributed by atoms with E-state index in [1.165, 1.54) is 12.8 Å². The van der Waals surface area contributed by atoms with Gasteiger partial charge in [-0.05, 0) is 60.1 Å². The molecule has 0 aliphatic rings. The van der Waals surface area contributed by atoms with Crippen molar-refractivity contribution in [3.05, 3.63) is 66.6 Å². The maximum Gasteiger partial charge on any atom is 0.203 e. The standard InChI is InChI=1S/C42H54Cl4O6/c1-9-13-15-27(11-3)25-51-41-33(47-5)21-29(22-34(41)48-6)17-19-31-37(43)39(45)32(40(46)38(31)44)20-18-30-23-35(49-7)42(36(24-30)50-8)52-26-28(12-4)16-14-10-2/h17-24,27-28H,9-16,25-26H2,1-8H3/b19-17+,20-18+. The molecule has 52 heavy (non-hydrogen) atoms.